The maximum absolute atomic E-state index is 12.0. The van der Waals surface area contributed by atoms with Crippen molar-refractivity contribution in [2.45, 2.75) is 13.3 Å². The summed E-state index contributed by atoms with van der Waals surface area (Å²) < 4.78 is 5.19. The first-order valence-electron chi connectivity index (χ1n) is 6.38. The van der Waals surface area contributed by atoms with Crippen LogP contribution in [0.1, 0.15) is 25.9 Å². The number of thiophene rings is 1. The predicted molar refractivity (Wildman–Crippen MR) is 80.5 cm³/mol. The minimum atomic E-state index is -1.01. The van der Waals surface area contributed by atoms with Gasteiger partial charge in [-0.2, -0.15) is 0 Å². The van der Waals surface area contributed by atoms with Crippen molar-refractivity contribution in [3.8, 4) is 0 Å². The molecule has 0 atom stereocenters. The van der Waals surface area contributed by atoms with Gasteiger partial charge in [0.25, 0.3) is 5.91 Å². The fourth-order valence-electron chi connectivity index (χ4n) is 1.76. The molecule has 5 nitrogen and oxygen atoms in total. The zero-order valence-corrected chi connectivity index (χ0v) is 12.3. The number of carbonyl (C=O) groups excluding carboxylic acids is 1. The van der Waals surface area contributed by atoms with E-state index >= 15 is 0 Å². The molecule has 0 radical (unpaired) electrons. The van der Waals surface area contributed by atoms with E-state index in [1.165, 1.54) is 17.4 Å². The van der Waals surface area contributed by atoms with Gasteiger partial charge < -0.3 is 14.8 Å². The minimum Gasteiger partial charge on any atom is -0.478 e. The second-order valence-corrected chi connectivity index (χ2v) is 5.50. The number of rotatable bonds is 6. The maximum Gasteiger partial charge on any atom is 0.328 e. The average Bonchev–Trinajstić information content (AvgIpc) is 3.06. The first-order valence-corrected chi connectivity index (χ1v) is 7.20. The Bertz CT molecular complexity index is 655. The van der Waals surface area contributed by atoms with Gasteiger partial charge in [-0.1, -0.05) is 0 Å². The summed E-state index contributed by atoms with van der Waals surface area (Å²) in [6.45, 7) is 2.33. The zero-order chi connectivity index (χ0) is 15.2. The highest BCUT2D eigenvalue weighted by atomic mass is 32.1. The molecule has 0 spiro atoms. The van der Waals surface area contributed by atoms with Crippen molar-refractivity contribution in [2.75, 3.05) is 6.54 Å². The van der Waals surface area contributed by atoms with Crippen molar-refractivity contribution >= 4 is 29.3 Å². The average molecular weight is 305 g/mol. The SMILES string of the molecule is Cc1cc(C(=O)NCCc2ccco2)sc1/C=C/C(=O)O. The molecule has 110 valence electrons. The molecule has 0 fully saturated rings. The van der Waals surface area contributed by atoms with Gasteiger partial charge in [-0.25, -0.2) is 4.79 Å². The minimum absolute atomic E-state index is 0.162. The lowest BCUT2D eigenvalue weighted by molar-refractivity contribution is -0.131. The molecule has 0 aliphatic rings. The standard InChI is InChI=1S/C15H15NO4S/c1-10-9-13(21-12(10)4-5-14(17)18)15(19)16-7-6-11-3-2-8-20-11/h2-5,8-9H,6-7H2,1H3,(H,16,19)(H,17,18)/b5-4+. The Balaban J connectivity index is 1.93. The van der Waals surface area contributed by atoms with Gasteiger partial charge in [0.15, 0.2) is 0 Å². The largest absolute Gasteiger partial charge is 0.478 e. The van der Waals surface area contributed by atoms with Crippen LogP contribution in [0.15, 0.2) is 35.0 Å². The van der Waals surface area contributed by atoms with Crippen LogP contribution in [0, 0.1) is 6.92 Å². The van der Waals surface area contributed by atoms with Gasteiger partial charge in [0, 0.05) is 23.9 Å². The molecule has 0 saturated carbocycles. The van der Waals surface area contributed by atoms with E-state index in [9.17, 15) is 9.59 Å². The van der Waals surface area contributed by atoms with Crippen LogP contribution < -0.4 is 5.32 Å². The van der Waals surface area contributed by atoms with E-state index in [2.05, 4.69) is 5.32 Å². The van der Waals surface area contributed by atoms with Gasteiger partial charge >= 0.3 is 5.97 Å². The van der Waals surface area contributed by atoms with E-state index in [1.807, 2.05) is 13.0 Å². The molecule has 0 bridgehead atoms. The van der Waals surface area contributed by atoms with Gasteiger partial charge in [0.2, 0.25) is 0 Å². The number of aliphatic carboxylic acids is 1. The second-order valence-electron chi connectivity index (χ2n) is 4.41. The van der Waals surface area contributed by atoms with Crippen molar-refractivity contribution in [3.63, 3.8) is 0 Å². The van der Waals surface area contributed by atoms with Crippen molar-refractivity contribution in [3.05, 3.63) is 51.6 Å². The molecule has 0 aromatic carbocycles. The molecule has 0 aliphatic heterocycles. The number of hydrogen-bond donors (Lipinski definition) is 2. The summed E-state index contributed by atoms with van der Waals surface area (Å²) in [4.78, 5) is 23.9. The molecule has 0 aliphatic carbocycles. The van der Waals surface area contributed by atoms with Gasteiger partial charge in [-0.3, -0.25) is 4.79 Å². The van der Waals surface area contributed by atoms with E-state index < -0.39 is 5.97 Å². The Morgan fingerprint density at radius 3 is 2.95 bits per heavy atom. The van der Waals surface area contributed by atoms with Crippen molar-refractivity contribution < 1.29 is 19.1 Å². The third kappa shape index (κ3) is 4.32. The molecular weight excluding hydrogens is 290 g/mol. The maximum atomic E-state index is 12.0. The normalized spacial score (nSPS) is 10.9. The molecule has 1 amide bonds. The Hall–Kier alpha value is -2.34. The van der Waals surface area contributed by atoms with E-state index in [0.717, 1.165) is 22.3 Å². The highest BCUT2D eigenvalue weighted by Crippen LogP contribution is 2.23. The lowest BCUT2D eigenvalue weighted by Crippen LogP contribution is -2.24. The van der Waals surface area contributed by atoms with Crippen LogP contribution in [-0.4, -0.2) is 23.5 Å². The summed E-state index contributed by atoms with van der Waals surface area (Å²) in [7, 11) is 0. The van der Waals surface area contributed by atoms with Crippen LogP contribution in [0.2, 0.25) is 0 Å². The van der Waals surface area contributed by atoms with Crippen LogP contribution in [0.5, 0.6) is 0 Å². The van der Waals surface area contributed by atoms with Crippen LogP contribution >= 0.6 is 11.3 Å². The molecule has 2 rings (SSSR count). The topological polar surface area (TPSA) is 79.5 Å². The van der Waals surface area contributed by atoms with Crippen molar-refractivity contribution in [2.24, 2.45) is 0 Å². The molecular formula is C15H15NO4S. The number of carboxylic acid groups (broad SMARTS) is 1. The number of carboxylic acids is 1. The molecule has 0 saturated heterocycles. The molecule has 2 aromatic heterocycles. The first kappa shape index (κ1) is 15.1. The third-order valence-electron chi connectivity index (χ3n) is 2.79. The molecule has 21 heavy (non-hydrogen) atoms. The fraction of sp³-hybridized carbons (Fsp3) is 0.200. The predicted octanol–water partition coefficient (Wildman–Crippen LogP) is 2.72. The van der Waals surface area contributed by atoms with E-state index in [0.29, 0.717) is 17.8 Å². The summed E-state index contributed by atoms with van der Waals surface area (Å²) in [5.74, 6) is -0.348. The number of amides is 1. The smallest absolute Gasteiger partial charge is 0.328 e. The number of hydrogen-bond acceptors (Lipinski definition) is 4. The lowest BCUT2D eigenvalue weighted by Gasteiger charge is -2.01. The van der Waals surface area contributed by atoms with E-state index in [-0.39, 0.29) is 5.91 Å². The monoisotopic (exact) mass is 305 g/mol. The Morgan fingerprint density at radius 2 is 2.29 bits per heavy atom. The number of furan rings is 1. The van der Waals surface area contributed by atoms with Crippen molar-refractivity contribution in [1.82, 2.24) is 5.32 Å². The third-order valence-corrected chi connectivity index (χ3v) is 4.00. The summed E-state index contributed by atoms with van der Waals surface area (Å²) in [6, 6.07) is 5.42. The summed E-state index contributed by atoms with van der Waals surface area (Å²) in [6.07, 6.45) is 4.80. The van der Waals surface area contributed by atoms with E-state index in [4.69, 9.17) is 9.52 Å². The first-order chi connectivity index (χ1) is 10.1. The summed E-state index contributed by atoms with van der Waals surface area (Å²) >= 11 is 1.27. The Morgan fingerprint density at radius 1 is 1.48 bits per heavy atom. The second kappa shape index (κ2) is 6.90. The van der Waals surface area contributed by atoms with Crippen LogP contribution in [-0.2, 0) is 11.2 Å². The lowest BCUT2D eigenvalue weighted by atomic mass is 10.2. The van der Waals surface area contributed by atoms with Crippen LogP contribution in [0.3, 0.4) is 0 Å². The van der Waals surface area contributed by atoms with Gasteiger partial charge in [-0.15, -0.1) is 11.3 Å². The fourth-order valence-corrected chi connectivity index (χ4v) is 2.76. The molecule has 6 heteroatoms. The molecule has 0 unspecified atom stereocenters. The molecule has 2 N–H and O–H groups in total. The highest BCUT2D eigenvalue weighted by molar-refractivity contribution is 7.15. The van der Waals surface area contributed by atoms with Gasteiger partial charge in [-0.05, 0) is 36.8 Å². The Kier molecular flexibility index (Phi) is 4.94. The van der Waals surface area contributed by atoms with Gasteiger partial charge in [0.05, 0.1) is 11.1 Å². The summed E-state index contributed by atoms with van der Waals surface area (Å²) in [5, 5.41) is 11.4. The molecule has 2 heterocycles. The highest BCUT2D eigenvalue weighted by Gasteiger charge is 2.11. The van der Waals surface area contributed by atoms with Crippen LogP contribution in [0.4, 0.5) is 0 Å². The number of nitrogens with one attached hydrogen (secondary N) is 1. The Labute approximate surface area is 125 Å². The molecule has 2 aromatic rings. The number of aryl methyl sites for hydroxylation is 1. The van der Waals surface area contributed by atoms with Gasteiger partial charge in [0.1, 0.15) is 5.76 Å². The zero-order valence-electron chi connectivity index (χ0n) is 11.5. The van der Waals surface area contributed by atoms with Crippen molar-refractivity contribution in [1.29, 1.82) is 0 Å². The van der Waals surface area contributed by atoms with Crippen LogP contribution in [0.25, 0.3) is 6.08 Å². The summed E-state index contributed by atoms with van der Waals surface area (Å²) in [5.41, 5.74) is 0.883. The quantitative estimate of drug-likeness (QED) is 0.804. The van der Waals surface area contributed by atoms with E-state index in [1.54, 1.807) is 18.4 Å². The number of carbonyl (C=O) groups is 2.